The highest BCUT2D eigenvalue weighted by atomic mass is 31.3. The molecule has 4 aromatic rings. The van der Waals surface area contributed by atoms with Gasteiger partial charge in [-0.15, -0.1) is 0 Å². The van der Waals surface area contributed by atoms with Crippen LogP contribution in [-0.2, 0) is 36.4 Å². The van der Waals surface area contributed by atoms with Gasteiger partial charge in [0.1, 0.15) is 35.8 Å². The predicted octanol–water partition coefficient (Wildman–Crippen LogP) is 4.37. The van der Waals surface area contributed by atoms with Crippen LogP contribution in [-0.4, -0.2) is 111 Å². The lowest BCUT2D eigenvalue weighted by molar-refractivity contribution is -0.121. The fourth-order valence-corrected chi connectivity index (χ4v) is 10.9. The molecule has 5 atom stereocenters. The maximum absolute atomic E-state index is 13.1. The number of nitrogens with one attached hydrogen (secondary N) is 3. The Hall–Kier alpha value is -6.18. The SMILES string of the molecule is Nc1ncnc2c1nc(NCCCCCNC(=O)CCCCCNC(=O)c1ccc(-c3c4ccc(=O)cc-4oc4cc(O)ccc34)c(C(=O)O)c1)n2[C@H]1C[C@H](O)[C@@H](COP(=O)(O)OP(=O)(O)OP(=O)(O)O)O1. The number of anilines is 2. The van der Waals surface area contributed by atoms with Crippen LogP contribution >= 0.6 is 23.5 Å². The molecule has 30 heteroatoms. The van der Waals surface area contributed by atoms with Crippen molar-refractivity contribution in [2.24, 2.45) is 0 Å². The number of aromatic nitrogens is 4. The summed E-state index contributed by atoms with van der Waals surface area (Å²) >= 11 is 0. The number of ether oxygens (including phenoxy) is 1. The van der Waals surface area contributed by atoms with Crippen molar-refractivity contribution < 1.29 is 85.3 Å². The number of imidazole rings is 1. The number of phenolic OH excluding ortho intramolecular Hbond substituents is 1. The van der Waals surface area contributed by atoms with E-state index in [0.717, 1.165) is 0 Å². The summed E-state index contributed by atoms with van der Waals surface area (Å²) in [5.41, 5.74) is 7.55. The Labute approximate surface area is 407 Å². The van der Waals surface area contributed by atoms with Crippen molar-refractivity contribution in [2.45, 2.75) is 69.8 Å². The van der Waals surface area contributed by atoms with Crippen molar-refractivity contribution >= 4 is 75.2 Å². The lowest BCUT2D eigenvalue weighted by Gasteiger charge is -2.20. The van der Waals surface area contributed by atoms with Gasteiger partial charge in [-0.05, 0) is 74.1 Å². The first-order chi connectivity index (χ1) is 34.1. The van der Waals surface area contributed by atoms with E-state index in [0.29, 0.717) is 68.1 Å². The molecule has 1 aliphatic carbocycles. The number of phosphoric ester groups is 1. The molecule has 72 heavy (non-hydrogen) atoms. The number of unbranched alkanes of at least 4 members (excludes halogenated alkanes) is 4. The highest BCUT2D eigenvalue weighted by molar-refractivity contribution is 7.66. The second-order valence-corrected chi connectivity index (χ2v) is 20.8. The normalized spacial score (nSPS) is 17.7. The topological polar surface area (TPSA) is 417 Å². The number of nitrogens with two attached hydrogens (primary N) is 1. The fraction of sp³-hybridized carbons (Fsp3) is 0.357. The van der Waals surface area contributed by atoms with E-state index in [1.54, 1.807) is 6.07 Å². The summed E-state index contributed by atoms with van der Waals surface area (Å²) in [6.45, 7) is 0.205. The Morgan fingerprint density at radius 2 is 1.57 bits per heavy atom. The first-order valence-electron chi connectivity index (χ1n) is 22.0. The third-order valence-corrected chi connectivity index (χ3v) is 14.9. The molecule has 12 N–H and O–H groups in total. The number of benzene rings is 3. The molecule has 0 spiro atoms. The number of phosphoric acid groups is 3. The van der Waals surface area contributed by atoms with Crippen molar-refractivity contribution in [1.82, 2.24) is 30.2 Å². The Balaban J connectivity index is 0.818. The van der Waals surface area contributed by atoms with Gasteiger partial charge < -0.3 is 65.7 Å². The number of hydrogen-bond acceptors (Lipinski definition) is 19. The highest BCUT2D eigenvalue weighted by Gasteiger charge is 2.43. The van der Waals surface area contributed by atoms with Crippen LogP contribution < -0.4 is 27.1 Å². The molecule has 2 unspecified atom stereocenters. The van der Waals surface area contributed by atoms with Crippen LogP contribution in [0.1, 0.15) is 78.3 Å². The van der Waals surface area contributed by atoms with E-state index in [4.69, 9.17) is 24.7 Å². The summed E-state index contributed by atoms with van der Waals surface area (Å²) in [5, 5.41) is 40.3. The summed E-state index contributed by atoms with van der Waals surface area (Å²) in [5.74, 6) is -1.52. The minimum absolute atomic E-state index is 0.0419. The number of carbonyl (C=O) groups excluding carboxylic acids is 2. The van der Waals surface area contributed by atoms with Gasteiger partial charge in [-0.1, -0.05) is 12.5 Å². The number of phenols is 1. The van der Waals surface area contributed by atoms with E-state index in [9.17, 15) is 58.0 Å². The number of aromatic carboxylic acids is 1. The number of nitrogen functional groups attached to an aromatic ring is 1. The molecular formula is C42H49N8O19P3. The summed E-state index contributed by atoms with van der Waals surface area (Å²) < 4.78 is 60.1. The minimum Gasteiger partial charge on any atom is -0.508 e. The Bertz CT molecular complexity index is 3170. The minimum atomic E-state index is -5.76. The molecule has 0 radical (unpaired) electrons. The Kier molecular flexibility index (Phi) is 16.9. The zero-order valence-electron chi connectivity index (χ0n) is 37.7. The lowest BCUT2D eigenvalue weighted by atomic mass is 9.90. The van der Waals surface area contributed by atoms with Gasteiger partial charge in [0.15, 0.2) is 22.4 Å². The quantitative estimate of drug-likeness (QED) is 0.0228. The van der Waals surface area contributed by atoms with Crippen LogP contribution in [0.5, 0.6) is 5.75 Å². The molecule has 3 aliphatic rings. The second kappa shape index (κ2) is 22.7. The van der Waals surface area contributed by atoms with Gasteiger partial charge in [-0.25, -0.2) is 33.4 Å². The molecule has 27 nitrogen and oxygen atoms in total. The summed E-state index contributed by atoms with van der Waals surface area (Å²) in [7, 11) is -16.8. The third-order valence-electron chi connectivity index (χ3n) is 11.1. The molecule has 0 bridgehead atoms. The number of rotatable bonds is 24. The van der Waals surface area contributed by atoms with E-state index >= 15 is 0 Å². The maximum atomic E-state index is 13.1. The van der Waals surface area contributed by atoms with E-state index in [-0.39, 0.29) is 87.4 Å². The first-order valence-corrected chi connectivity index (χ1v) is 26.6. The monoisotopic (exact) mass is 1060 g/mol. The Morgan fingerprint density at radius 1 is 0.847 bits per heavy atom. The molecule has 2 amide bonds. The number of nitrogens with zero attached hydrogens (tertiary/aromatic N) is 4. The summed E-state index contributed by atoms with van der Waals surface area (Å²) in [6, 6.07) is 12.8. The highest BCUT2D eigenvalue weighted by Crippen LogP contribution is 2.66. The predicted molar refractivity (Wildman–Crippen MR) is 253 cm³/mol. The number of fused-ring (bicyclic) bond motifs is 3. The van der Waals surface area contributed by atoms with Gasteiger partial charge in [0, 0.05) is 66.7 Å². The molecule has 0 saturated carbocycles. The van der Waals surface area contributed by atoms with Gasteiger partial charge in [-0.3, -0.25) is 23.5 Å². The molecular weight excluding hydrogens is 1010 g/mol. The Morgan fingerprint density at radius 3 is 2.32 bits per heavy atom. The largest absolute Gasteiger partial charge is 0.508 e. The number of amides is 2. The van der Waals surface area contributed by atoms with E-state index < -0.39 is 60.4 Å². The van der Waals surface area contributed by atoms with Crippen LogP contribution in [0.2, 0.25) is 0 Å². The molecule has 2 aliphatic heterocycles. The third kappa shape index (κ3) is 13.7. The van der Waals surface area contributed by atoms with Crippen LogP contribution in [0.3, 0.4) is 0 Å². The van der Waals surface area contributed by atoms with Gasteiger partial charge in [0.25, 0.3) is 5.91 Å². The van der Waals surface area contributed by atoms with E-state index in [2.05, 4.69) is 44.0 Å². The average molecular weight is 1060 g/mol. The summed E-state index contributed by atoms with van der Waals surface area (Å²) in [6.07, 6.45) is 1.40. The molecule has 1 fully saturated rings. The molecule has 2 aromatic carbocycles. The van der Waals surface area contributed by atoms with Crippen LogP contribution in [0, 0.1) is 0 Å². The second-order valence-electron chi connectivity index (χ2n) is 16.3. The zero-order chi connectivity index (χ0) is 52.0. The number of carbonyl (C=O) groups is 3. The molecule has 7 rings (SSSR count). The van der Waals surface area contributed by atoms with Gasteiger partial charge in [0.2, 0.25) is 11.9 Å². The van der Waals surface area contributed by atoms with E-state index in [1.165, 1.54) is 59.4 Å². The molecule has 386 valence electrons. The number of aliphatic hydroxyl groups is 1. The zero-order valence-corrected chi connectivity index (χ0v) is 40.4. The van der Waals surface area contributed by atoms with Gasteiger partial charge in [0.05, 0.1) is 18.3 Å². The smallest absolute Gasteiger partial charge is 0.490 e. The van der Waals surface area contributed by atoms with Crippen molar-refractivity contribution in [3.63, 3.8) is 0 Å². The van der Waals surface area contributed by atoms with Crippen LogP contribution in [0.15, 0.2) is 70.1 Å². The summed E-state index contributed by atoms with van der Waals surface area (Å²) in [4.78, 5) is 99.7. The lowest BCUT2D eigenvalue weighted by Crippen LogP contribution is -2.26. The van der Waals surface area contributed by atoms with Gasteiger partial charge >= 0.3 is 29.4 Å². The van der Waals surface area contributed by atoms with Crippen molar-refractivity contribution in [1.29, 1.82) is 0 Å². The van der Waals surface area contributed by atoms with Crippen molar-refractivity contribution in [3.05, 3.63) is 82.3 Å². The fourth-order valence-electron chi connectivity index (χ4n) is 7.88. The number of aliphatic hydroxyl groups excluding tert-OH is 1. The van der Waals surface area contributed by atoms with Crippen LogP contribution in [0.25, 0.3) is 44.6 Å². The number of carboxylic acid groups (broad SMARTS) is 1. The maximum Gasteiger partial charge on any atom is 0.490 e. The molecule has 4 heterocycles. The van der Waals surface area contributed by atoms with Crippen LogP contribution in [0.4, 0.5) is 11.8 Å². The first kappa shape index (κ1) is 53.6. The van der Waals surface area contributed by atoms with E-state index in [1.807, 2.05) is 0 Å². The standard InChI is InChI=1S/C42H49N8O19P3/c43-38-37-39(48-22-47-38)50(35-20-30(53)33(67-35)21-65-71(61,62)69-72(63,64)68-70(58,59)60)42(49-37)46-16-6-2-5-14-44-34(54)7-3-1-4-15-45-40(55)23-8-11-26(29(17-23)41(56)57)36-27-12-9-24(51)18-31(27)66-32-19-25(52)10-13-28(32)36/h8-13,17-19,22,30,33,35,51,53H,1-7,14-16,20-21H2,(H,44,54)(H,45,55)(H,46,49)(H,56,57)(H,61,62)(H,63,64)(H2,43,47,48)(H2,58,59,60)/t30-,33+,35+/m0/s1. The van der Waals surface area contributed by atoms with Crippen molar-refractivity contribution in [3.8, 4) is 28.2 Å². The number of carboxylic acids is 1. The molecule has 1 saturated heterocycles. The molecule has 2 aromatic heterocycles. The number of aromatic hydroxyl groups is 1. The average Bonchev–Trinajstić information content (AvgIpc) is 3.86. The number of hydrogen-bond donors (Lipinski definition) is 11. The van der Waals surface area contributed by atoms with Crippen molar-refractivity contribution in [2.75, 3.05) is 37.3 Å². The van der Waals surface area contributed by atoms with Gasteiger partial charge in [-0.2, -0.15) is 8.62 Å².